The number of aliphatic imine (C=N–C) groups is 1. The van der Waals surface area contributed by atoms with Gasteiger partial charge in [-0.3, -0.25) is 9.79 Å². The number of hydrogen-bond donors (Lipinski definition) is 1. The Labute approximate surface area is 102 Å². The Hall–Kier alpha value is -1.16. The number of hydrogen-bond acceptors (Lipinski definition) is 4. The number of aliphatic hydroxyl groups excluding tert-OH is 1. The maximum atomic E-state index is 11.9. The molecule has 0 radical (unpaired) electrons. The third-order valence-electron chi connectivity index (χ3n) is 2.76. The zero-order valence-electron chi connectivity index (χ0n) is 11.0. The van der Waals surface area contributed by atoms with Crippen LogP contribution in [0.5, 0.6) is 0 Å². The molecule has 4 nitrogen and oxygen atoms in total. The number of carbonyl (C=O) groups excluding carboxylic acids is 1. The van der Waals surface area contributed by atoms with Gasteiger partial charge in [-0.15, -0.1) is 0 Å². The van der Waals surface area contributed by atoms with Gasteiger partial charge in [0.25, 0.3) is 0 Å². The molecule has 1 aliphatic carbocycles. The lowest BCUT2D eigenvalue weighted by Gasteiger charge is -2.28. The summed E-state index contributed by atoms with van der Waals surface area (Å²) in [6.45, 7) is 6.35. The summed E-state index contributed by atoms with van der Waals surface area (Å²) in [7, 11) is 1.61. The number of nitrogens with zero attached hydrogens (tertiary/aromatic N) is 1. The van der Waals surface area contributed by atoms with Crippen molar-refractivity contribution in [2.45, 2.75) is 39.7 Å². The van der Waals surface area contributed by atoms with Gasteiger partial charge in [-0.1, -0.05) is 13.8 Å². The number of Topliss-reactive ketones (excluding diaryl/α,β-unsaturated/α-hetero) is 1. The highest BCUT2D eigenvalue weighted by atomic mass is 16.5. The van der Waals surface area contributed by atoms with Crippen LogP contribution in [0.4, 0.5) is 0 Å². The Morgan fingerprint density at radius 2 is 2.18 bits per heavy atom. The van der Waals surface area contributed by atoms with E-state index >= 15 is 0 Å². The lowest BCUT2D eigenvalue weighted by molar-refractivity contribution is -0.117. The van der Waals surface area contributed by atoms with Crippen LogP contribution in [0.1, 0.15) is 33.6 Å². The van der Waals surface area contributed by atoms with Gasteiger partial charge in [-0.25, -0.2) is 0 Å². The summed E-state index contributed by atoms with van der Waals surface area (Å²) in [4.78, 5) is 16.0. The number of methoxy groups -OCH3 is 1. The van der Waals surface area contributed by atoms with E-state index in [1.165, 1.54) is 6.21 Å². The summed E-state index contributed by atoms with van der Waals surface area (Å²) in [6, 6.07) is -0.0111. The van der Waals surface area contributed by atoms with Crippen LogP contribution in [-0.2, 0) is 9.53 Å². The summed E-state index contributed by atoms with van der Waals surface area (Å²) in [5.74, 6) is 0.117. The molecule has 0 unspecified atom stereocenters. The number of rotatable bonds is 4. The van der Waals surface area contributed by atoms with Gasteiger partial charge in [0, 0.05) is 26.2 Å². The van der Waals surface area contributed by atoms with E-state index in [2.05, 4.69) is 4.99 Å². The predicted octanol–water partition coefficient (Wildman–Crippen LogP) is 2.29. The fourth-order valence-corrected chi connectivity index (χ4v) is 1.93. The summed E-state index contributed by atoms with van der Waals surface area (Å²) in [5.41, 5.74) is 0.198. The summed E-state index contributed by atoms with van der Waals surface area (Å²) >= 11 is 0. The second kappa shape index (κ2) is 5.45. The van der Waals surface area contributed by atoms with Crippen molar-refractivity contribution in [3.63, 3.8) is 0 Å². The van der Waals surface area contributed by atoms with Crippen molar-refractivity contribution in [2.24, 2.45) is 10.4 Å². The number of allylic oxidation sites excluding steroid dienone is 2. The smallest absolute Gasteiger partial charge is 0.168 e. The molecule has 4 heteroatoms. The van der Waals surface area contributed by atoms with Crippen molar-refractivity contribution in [3.8, 4) is 0 Å². The Bertz CT molecular complexity index is 356. The van der Waals surface area contributed by atoms with Crippen molar-refractivity contribution >= 4 is 12.0 Å². The monoisotopic (exact) mass is 239 g/mol. The van der Waals surface area contributed by atoms with E-state index in [9.17, 15) is 9.90 Å². The molecule has 17 heavy (non-hydrogen) atoms. The fraction of sp³-hybridized carbons (Fsp3) is 0.692. The average Bonchev–Trinajstić information content (AvgIpc) is 2.14. The van der Waals surface area contributed by atoms with E-state index in [1.54, 1.807) is 7.11 Å². The highest BCUT2D eigenvalue weighted by Crippen LogP contribution is 2.35. The standard InChI is InChI=1S/C13H21NO3/c1-9(8-17-4)14-7-10-11(15)5-13(2,3)6-12(10)16/h7,9,15H,5-6,8H2,1-4H3/t9-/m0/s1. The minimum atomic E-state index is -0.156. The molecular weight excluding hydrogens is 218 g/mol. The minimum Gasteiger partial charge on any atom is -0.511 e. The zero-order valence-corrected chi connectivity index (χ0v) is 11.0. The molecule has 1 atom stereocenters. The normalized spacial score (nSPS) is 22.2. The molecule has 0 fully saturated rings. The Balaban J connectivity index is 2.80. The quantitative estimate of drug-likeness (QED) is 0.766. The number of aliphatic hydroxyl groups is 1. The molecule has 0 spiro atoms. The highest BCUT2D eigenvalue weighted by molar-refractivity contribution is 6.14. The van der Waals surface area contributed by atoms with Crippen LogP contribution in [0, 0.1) is 5.41 Å². The number of ether oxygens (including phenoxy) is 1. The lowest BCUT2D eigenvalue weighted by atomic mass is 9.77. The van der Waals surface area contributed by atoms with Crippen LogP contribution < -0.4 is 0 Å². The van der Waals surface area contributed by atoms with E-state index in [0.717, 1.165) is 0 Å². The molecule has 1 rings (SSSR count). The zero-order chi connectivity index (χ0) is 13.1. The summed E-state index contributed by atoms with van der Waals surface area (Å²) in [5, 5.41) is 9.85. The van der Waals surface area contributed by atoms with Crippen molar-refractivity contribution in [1.29, 1.82) is 0 Å². The first-order valence-corrected chi connectivity index (χ1v) is 5.83. The van der Waals surface area contributed by atoms with E-state index in [4.69, 9.17) is 4.74 Å². The SMILES string of the molecule is COC[C@H](C)N=CC1=C(O)CC(C)(C)CC1=O. The van der Waals surface area contributed by atoms with Crippen LogP contribution in [-0.4, -0.2) is 36.9 Å². The van der Waals surface area contributed by atoms with Crippen molar-refractivity contribution in [3.05, 3.63) is 11.3 Å². The van der Waals surface area contributed by atoms with Gasteiger partial charge in [0.1, 0.15) is 5.76 Å². The maximum absolute atomic E-state index is 11.9. The molecule has 0 aromatic carbocycles. The molecule has 0 saturated heterocycles. The first-order valence-electron chi connectivity index (χ1n) is 5.83. The number of ketones is 1. The topological polar surface area (TPSA) is 58.9 Å². The minimum absolute atomic E-state index is 0.0111. The average molecular weight is 239 g/mol. The second-order valence-electron chi connectivity index (χ2n) is 5.38. The van der Waals surface area contributed by atoms with E-state index < -0.39 is 0 Å². The Morgan fingerprint density at radius 3 is 2.71 bits per heavy atom. The summed E-state index contributed by atoms with van der Waals surface area (Å²) < 4.78 is 4.95. The van der Waals surface area contributed by atoms with Gasteiger partial charge in [0.2, 0.25) is 0 Å². The van der Waals surface area contributed by atoms with E-state index in [1.807, 2.05) is 20.8 Å². The van der Waals surface area contributed by atoms with Crippen molar-refractivity contribution < 1.29 is 14.6 Å². The molecule has 0 aromatic heterocycles. The third-order valence-corrected chi connectivity index (χ3v) is 2.76. The molecule has 1 N–H and O–H groups in total. The molecular formula is C13H21NO3. The van der Waals surface area contributed by atoms with Crippen LogP contribution in [0.15, 0.2) is 16.3 Å². The van der Waals surface area contributed by atoms with E-state index in [-0.39, 0.29) is 23.0 Å². The molecule has 96 valence electrons. The van der Waals surface area contributed by atoms with Crippen LogP contribution in [0.25, 0.3) is 0 Å². The van der Waals surface area contributed by atoms with Gasteiger partial charge in [-0.05, 0) is 12.3 Å². The molecule has 0 aromatic rings. The maximum Gasteiger partial charge on any atom is 0.168 e. The Kier molecular flexibility index (Phi) is 4.46. The van der Waals surface area contributed by atoms with Crippen molar-refractivity contribution in [2.75, 3.05) is 13.7 Å². The van der Waals surface area contributed by atoms with Crippen LogP contribution in [0.2, 0.25) is 0 Å². The Morgan fingerprint density at radius 1 is 1.53 bits per heavy atom. The molecule has 1 aliphatic rings. The van der Waals surface area contributed by atoms with Crippen LogP contribution >= 0.6 is 0 Å². The highest BCUT2D eigenvalue weighted by Gasteiger charge is 2.32. The number of carbonyl (C=O) groups is 1. The second-order valence-corrected chi connectivity index (χ2v) is 5.38. The summed E-state index contributed by atoms with van der Waals surface area (Å²) in [6.07, 6.45) is 2.46. The van der Waals surface area contributed by atoms with Gasteiger partial charge in [0.15, 0.2) is 5.78 Å². The lowest BCUT2D eigenvalue weighted by Crippen LogP contribution is -2.26. The van der Waals surface area contributed by atoms with Gasteiger partial charge in [0.05, 0.1) is 18.2 Å². The van der Waals surface area contributed by atoms with Crippen LogP contribution in [0.3, 0.4) is 0 Å². The van der Waals surface area contributed by atoms with Gasteiger partial charge < -0.3 is 9.84 Å². The predicted molar refractivity (Wildman–Crippen MR) is 67.5 cm³/mol. The molecule has 0 amide bonds. The molecule has 0 saturated carbocycles. The molecule has 0 bridgehead atoms. The van der Waals surface area contributed by atoms with Crippen molar-refractivity contribution in [1.82, 2.24) is 0 Å². The first-order chi connectivity index (χ1) is 7.85. The van der Waals surface area contributed by atoms with Gasteiger partial charge in [-0.2, -0.15) is 0 Å². The first kappa shape index (κ1) is 13.9. The molecule has 0 aliphatic heterocycles. The largest absolute Gasteiger partial charge is 0.511 e. The van der Waals surface area contributed by atoms with Gasteiger partial charge >= 0.3 is 0 Å². The fourth-order valence-electron chi connectivity index (χ4n) is 1.93. The third kappa shape index (κ3) is 3.97. The molecule has 0 heterocycles. The van der Waals surface area contributed by atoms with E-state index in [0.29, 0.717) is 25.0 Å².